The van der Waals surface area contributed by atoms with E-state index in [0.717, 1.165) is 38.0 Å². The van der Waals surface area contributed by atoms with Crippen molar-refractivity contribution in [3.05, 3.63) is 0 Å². The zero-order valence-corrected chi connectivity index (χ0v) is 34.7. The molecule has 1 fully saturated rings. The van der Waals surface area contributed by atoms with E-state index in [1.807, 2.05) is 6.92 Å². The van der Waals surface area contributed by atoms with Gasteiger partial charge in [0.15, 0.2) is 0 Å². The smallest absolute Gasteiger partial charge is 0.293 e. The van der Waals surface area contributed by atoms with Crippen molar-refractivity contribution in [1.82, 2.24) is 20.9 Å². The highest BCUT2D eigenvalue weighted by Crippen LogP contribution is 2.19. The largest absolute Gasteiger partial charge is 0.465 e. The standard InChI is InChI=1S/C17H30N4O4.C11H25N.C9H18O2.C3H8/c1-11(6-5-9-21(3)12(2)22)17(25)20-15(10-14(23)16(18)24)19-13-7-4-8-13;1-5-7-8-9-11(6-2)10(3)12-4;1-3-5-6-7-9(4-2)11-8-10;1-3-2/h11,13,15,19H,4-10H2,1-3H3,(H2,18,24)(H,20,25);10-12H,5-9H2,1-4H3;8-9H,3-7H2,1-2H3;3H2,1-2H3. The predicted octanol–water partition coefficient (Wildman–Crippen LogP) is 7.05. The molecule has 0 bridgehead atoms. The highest BCUT2D eigenvalue weighted by atomic mass is 16.5. The molecule has 0 spiro atoms. The summed E-state index contributed by atoms with van der Waals surface area (Å²) in [5.41, 5.74) is 5.01. The lowest BCUT2D eigenvalue weighted by Crippen LogP contribution is -2.54. The Morgan fingerprint density at radius 3 is 1.86 bits per heavy atom. The van der Waals surface area contributed by atoms with Crippen LogP contribution in [0.1, 0.15) is 171 Å². The van der Waals surface area contributed by atoms with E-state index < -0.39 is 17.9 Å². The number of carbonyl (C=O) groups excluding carboxylic acids is 5. The molecule has 11 nitrogen and oxygen atoms in total. The number of carbonyl (C=O) groups is 5. The van der Waals surface area contributed by atoms with E-state index in [0.29, 0.717) is 31.9 Å². The predicted molar refractivity (Wildman–Crippen MR) is 211 cm³/mol. The van der Waals surface area contributed by atoms with Crippen LogP contribution in [0.4, 0.5) is 0 Å². The van der Waals surface area contributed by atoms with Crippen molar-refractivity contribution in [3.63, 3.8) is 0 Å². The summed E-state index contributed by atoms with van der Waals surface area (Å²) < 4.78 is 4.86. The minimum atomic E-state index is -0.991. The fourth-order valence-corrected chi connectivity index (χ4v) is 5.30. The number of nitrogens with two attached hydrogens (primary N) is 1. The first-order chi connectivity index (χ1) is 24.2. The maximum absolute atomic E-state index is 12.3. The van der Waals surface area contributed by atoms with Crippen molar-refractivity contribution in [3.8, 4) is 0 Å². The van der Waals surface area contributed by atoms with E-state index >= 15 is 0 Å². The molecule has 5 unspecified atom stereocenters. The molecule has 5 N–H and O–H groups in total. The van der Waals surface area contributed by atoms with Crippen molar-refractivity contribution in [2.24, 2.45) is 17.6 Å². The Hall–Kier alpha value is -2.53. The van der Waals surface area contributed by atoms with Crippen LogP contribution in [-0.2, 0) is 28.7 Å². The van der Waals surface area contributed by atoms with E-state index in [-0.39, 0.29) is 36.3 Å². The first-order valence-electron chi connectivity index (χ1n) is 20.1. The van der Waals surface area contributed by atoms with Gasteiger partial charge in [0, 0.05) is 44.9 Å². The van der Waals surface area contributed by atoms with Gasteiger partial charge in [0.05, 0.1) is 6.17 Å². The minimum Gasteiger partial charge on any atom is -0.465 e. The highest BCUT2D eigenvalue weighted by Gasteiger charge is 2.26. The van der Waals surface area contributed by atoms with Crippen LogP contribution in [0.3, 0.4) is 0 Å². The molecule has 11 heteroatoms. The zero-order valence-electron chi connectivity index (χ0n) is 34.7. The van der Waals surface area contributed by atoms with Gasteiger partial charge in [-0.3, -0.25) is 29.3 Å². The van der Waals surface area contributed by atoms with Crippen molar-refractivity contribution in [2.45, 2.75) is 196 Å². The summed E-state index contributed by atoms with van der Waals surface area (Å²) in [7, 11) is 3.79. The summed E-state index contributed by atoms with van der Waals surface area (Å²) >= 11 is 0. The van der Waals surface area contributed by atoms with Crippen molar-refractivity contribution < 1.29 is 28.7 Å². The van der Waals surface area contributed by atoms with E-state index in [9.17, 15) is 24.0 Å². The minimum absolute atomic E-state index is 0.00756. The molecular weight excluding hydrogens is 646 g/mol. The summed E-state index contributed by atoms with van der Waals surface area (Å²) in [4.78, 5) is 57.7. The molecule has 1 saturated carbocycles. The number of rotatable bonds is 25. The van der Waals surface area contributed by atoms with Gasteiger partial charge < -0.3 is 26.0 Å². The molecule has 1 aliphatic rings. The molecular formula is C40H81N5O6. The number of nitrogens with zero attached hydrogens (tertiary/aromatic N) is 1. The van der Waals surface area contributed by atoms with Gasteiger partial charge in [-0.25, -0.2) is 0 Å². The van der Waals surface area contributed by atoms with Crippen LogP contribution in [-0.4, -0.2) is 79.9 Å². The van der Waals surface area contributed by atoms with Gasteiger partial charge in [-0.15, -0.1) is 0 Å². The van der Waals surface area contributed by atoms with E-state index in [1.54, 1.807) is 18.9 Å². The molecule has 5 atom stereocenters. The summed E-state index contributed by atoms with van der Waals surface area (Å²) in [6.45, 7) is 19.8. The van der Waals surface area contributed by atoms with Crippen LogP contribution < -0.4 is 21.7 Å². The second kappa shape index (κ2) is 35.9. The lowest BCUT2D eigenvalue weighted by molar-refractivity contribution is -0.136. The van der Waals surface area contributed by atoms with Gasteiger partial charge in [-0.05, 0) is 71.3 Å². The molecule has 0 aromatic heterocycles. The molecule has 0 heterocycles. The molecule has 302 valence electrons. The molecule has 1 rings (SSSR count). The number of unbranched alkanes of at least 4 members (excludes halogenated alkanes) is 4. The first-order valence-corrected chi connectivity index (χ1v) is 20.1. The van der Waals surface area contributed by atoms with Gasteiger partial charge in [-0.1, -0.05) is 99.8 Å². The average molecular weight is 728 g/mol. The number of hydrogen-bond donors (Lipinski definition) is 4. The Bertz CT molecular complexity index is 885. The van der Waals surface area contributed by atoms with Crippen molar-refractivity contribution in [1.29, 1.82) is 0 Å². The number of ketones is 1. The van der Waals surface area contributed by atoms with Gasteiger partial charge in [0.2, 0.25) is 17.6 Å². The van der Waals surface area contributed by atoms with E-state index in [1.165, 1.54) is 64.7 Å². The molecule has 51 heavy (non-hydrogen) atoms. The molecule has 0 aliphatic heterocycles. The Morgan fingerprint density at radius 1 is 0.882 bits per heavy atom. The second-order valence-electron chi connectivity index (χ2n) is 14.0. The van der Waals surface area contributed by atoms with Gasteiger partial charge >= 0.3 is 0 Å². The van der Waals surface area contributed by atoms with Crippen molar-refractivity contribution >= 4 is 30.0 Å². The number of primary amides is 1. The molecule has 1 aliphatic carbocycles. The number of nitrogens with one attached hydrogen (secondary N) is 3. The van der Waals surface area contributed by atoms with Gasteiger partial charge in [0.25, 0.3) is 12.4 Å². The van der Waals surface area contributed by atoms with Gasteiger partial charge in [-0.2, -0.15) is 0 Å². The topological polar surface area (TPSA) is 160 Å². The molecule has 0 aromatic rings. The lowest BCUT2D eigenvalue weighted by atomic mass is 9.92. The summed E-state index contributed by atoms with van der Waals surface area (Å²) in [6, 6.07) is 0.942. The quantitative estimate of drug-likeness (QED) is 0.0337. The summed E-state index contributed by atoms with van der Waals surface area (Å²) in [6.07, 6.45) is 17.5. The highest BCUT2D eigenvalue weighted by molar-refractivity contribution is 6.35. The fraction of sp³-hybridized carbons (Fsp3) is 0.875. The van der Waals surface area contributed by atoms with E-state index in [2.05, 4.69) is 64.5 Å². The average Bonchev–Trinajstić information content (AvgIpc) is 3.08. The SMILES string of the molecule is CC(=O)N(C)CCCC(C)C(=O)NC(CC(=O)C(N)=O)NC1CCC1.CCC.CCCCCC(CC)C(C)NC.CCCCCC(CC)OC=O. The van der Waals surface area contributed by atoms with Crippen LogP contribution in [0.15, 0.2) is 0 Å². The normalized spacial score (nSPS) is 14.9. The van der Waals surface area contributed by atoms with Gasteiger partial charge in [0.1, 0.15) is 6.10 Å². The second-order valence-corrected chi connectivity index (χ2v) is 14.0. The molecule has 0 saturated heterocycles. The van der Waals surface area contributed by atoms with Crippen LogP contribution in [0.25, 0.3) is 0 Å². The third-order valence-corrected chi connectivity index (χ3v) is 9.34. The first kappa shape index (κ1) is 52.8. The van der Waals surface area contributed by atoms with Crippen LogP contribution in [0.2, 0.25) is 0 Å². The molecule has 0 aromatic carbocycles. The van der Waals surface area contributed by atoms with E-state index in [4.69, 9.17) is 10.5 Å². The third-order valence-electron chi connectivity index (χ3n) is 9.34. The monoisotopic (exact) mass is 728 g/mol. The lowest BCUT2D eigenvalue weighted by Gasteiger charge is -2.32. The van der Waals surface area contributed by atoms with Crippen LogP contribution >= 0.6 is 0 Å². The molecule has 0 radical (unpaired) electrons. The molecule has 3 amide bonds. The summed E-state index contributed by atoms with van der Waals surface area (Å²) in [5, 5.41) is 9.35. The Morgan fingerprint density at radius 2 is 1.45 bits per heavy atom. The maximum Gasteiger partial charge on any atom is 0.293 e. The number of amides is 3. The third kappa shape index (κ3) is 30.8. The zero-order chi connectivity index (χ0) is 39.6. The number of hydrogen-bond acceptors (Lipinski definition) is 8. The van der Waals surface area contributed by atoms with Crippen LogP contribution in [0, 0.1) is 11.8 Å². The van der Waals surface area contributed by atoms with Crippen LogP contribution in [0.5, 0.6) is 0 Å². The summed E-state index contributed by atoms with van der Waals surface area (Å²) in [5.74, 6) is -1.26. The Labute approximate surface area is 313 Å². The Balaban J connectivity index is -0.000000737. The number of Topliss-reactive ketones (excluding diaryl/α,β-unsaturated/α-hetero) is 1. The fourth-order valence-electron chi connectivity index (χ4n) is 5.30. The number of ether oxygens (including phenoxy) is 1. The maximum atomic E-state index is 12.3. The van der Waals surface area contributed by atoms with Crippen molar-refractivity contribution in [2.75, 3.05) is 20.6 Å². The Kier molecular flexibility index (Phi) is 37.1.